The van der Waals surface area contributed by atoms with Crippen molar-refractivity contribution in [3.63, 3.8) is 0 Å². The van der Waals surface area contributed by atoms with Crippen LogP contribution < -0.4 is 27.8 Å². The summed E-state index contributed by atoms with van der Waals surface area (Å²) in [6.07, 6.45) is -3.66. The average molecular weight is 687 g/mol. The van der Waals surface area contributed by atoms with E-state index < -0.39 is 90.1 Å². The molecule has 2 heterocycles. The first-order valence-electron chi connectivity index (χ1n) is 17.0. The first-order valence-corrected chi connectivity index (χ1v) is 17.0. The highest BCUT2D eigenvalue weighted by atomic mass is 16.7. The number of carbonyl (C=O) groups excluding carboxylic acids is 2. The van der Waals surface area contributed by atoms with E-state index in [1.165, 1.54) is 26.8 Å². The molecule has 1 saturated heterocycles. The Morgan fingerprint density at radius 1 is 1.19 bits per heavy atom. The largest absolute Gasteiger partial charge is 0.492 e. The summed E-state index contributed by atoms with van der Waals surface area (Å²) < 4.78 is 23.9. The number of hydrogen-bond acceptors (Lipinski definition) is 14. The van der Waals surface area contributed by atoms with Crippen molar-refractivity contribution in [2.24, 2.45) is 29.0 Å². The molecule has 0 bridgehead atoms. The normalized spacial score (nSPS) is 38.0. The van der Waals surface area contributed by atoms with E-state index in [0.29, 0.717) is 24.6 Å². The molecule has 48 heavy (non-hydrogen) atoms. The molecule has 2 saturated carbocycles. The van der Waals surface area contributed by atoms with Crippen molar-refractivity contribution in [2.45, 2.75) is 132 Å². The molecule has 12 N–H and O–H groups in total. The fourth-order valence-corrected chi connectivity index (χ4v) is 6.85. The fraction of sp³-hybridized carbons (Fsp3) is 0.875. The highest BCUT2D eigenvalue weighted by Gasteiger charge is 2.55. The third-order valence-electron chi connectivity index (χ3n) is 9.52. The molecule has 12 atom stereocenters. The maximum atomic E-state index is 13.0. The summed E-state index contributed by atoms with van der Waals surface area (Å²) in [5, 5.41) is 51.1. The van der Waals surface area contributed by atoms with Gasteiger partial charge in [-0.25, -0.2) is 4.79 Å². The van der Waals surface area contributed by atoms with Gasteiger partial charge < -0.3 is 72.1 Å². The topological polar surface area (TPSA) is 257 Å². The number of nitrogens with two attached hydrogens (primary N) is 3. The van der Waals surface area contributed by atoms with Crippen LogP contribution in [0.1, 0.15) is 59.8 Å². The molecule has 0 aromatic carbocycles. The van der Waals surface area contributed by atoms with Crippen LogP contribution in [-0.2, 0) is 23.7 Å². The quantitative estimate of drug-likeness (QED) is 0.107. The molecule has 276 valence electrons. The predicted molar refractivity (Wildman–Crippen MR) is 174 cm³/mol. The number of amides is 2. The number of likely N-dealkylation sites (N-methyl/N-ethyl adjacent to an activating group) is 1. The Balaban J connectivity index is 1.57. The maximum Gasteiger partial charge on any atom is 0.410 e. The Morgan fingerprint density at radius 3 is 2.50 bits per heavy atom. The zero-order valence-electron chi connectivity index (χ0n) is 28.8. The molecule has 16 nitrogen and oxygen atoms in total. The molecule has 0 aromatic rings. The lowest BCUT2D eigenvalue weighted by Gasteiger charge is -2.51. The number of rotatable bonds is 12. The third-order valence-corrected chi connectivity index (χ3v) is 9.52. The first kappa shape index (κ1) is 38.7. The fourth-order valence-electron chi connectivity index (χ4n) is 6.85. The molecule has 1 unspecified atom stereocenters. The van der Waals surface area contributed by atoms with Crippen molar-refractivity contribution in [3.8, 4) is 0 Å². The third kappa shape index (κ3) is 9.56. The molecule has 2 aliphatic carbocycles. The number of nitrogens with zero attached hydrogens (tertiary/aromatic N) is 1. The van der Waals surface area contributed by atoms with Gasteiger partial charge in [-0.3, -0.25) is 4.79 Å². The SMILES string of the molecule is CN(C(=O)OC(C)(C)C)[C@@H]1[C@@H](O)[C@@H](O[C@H]2[C@H](NC(=O)[C@H](O)CCN)C[C@H](N)C([C@H]3OC(CNCC4CC4)=CC[C@H]3N)[C@@H]2O)OC[C@]1(C)O. The van der Waals surface area contributed by atoms with Gasteiger partial charge in [-0.1, -0.05) is 0 Å². The van der Waals surface area contributed by atoms with E-state index in [4.69, 9.17) is 36.1 Å². The molecule has 2 aliphatic heterocycles. The zero-order chi connectivity index (χ0) is 35.6. The highest BCUT2D eigenvalue weighted by molar-refractivity contribution is 5.80. The Morgan fingerprint density at radius 2 is 1.88 bits per heavy atom. The van der Waals surface area contributed by atoms with Crippen LogP contribution in [0.2, 0.25) is 0 Å². The van der Waals surface area contributed by atoms with Crippen LogP contribution in [0.4, 0.5) is 4.79 Å². The van der Waals surface area contributed by atoms with Gasteiger partial charge in [0.25, 0.3) is 0 Å². The van der Waals surface area contributed by atoms with Gasteiger partial charge >= 0.3 is 6.09 Å². The number of nitrogens with one attached hydrogen (secondary N) is 2. The number of hydrogen-bond donors (Lipinski definition) is 9. The molecule has 3 fully saturated rings. The second-order valence-corrected chi connectivity index (χ2v) is 15.1. The summed E-state index contributed by atoms with van der Waals surface area (Å²) in [5.41, 5.74) is 16.2. The molecular formula is C32H58N6O10. The van der Waals surface area contributed by atoms with Gasteiger partial charge in [0.05, 0.1) is 31.3 Å². The predicted octanol–water partition coefficient (Wildman–Crippen LogP) is -2.02. The second kappa shape index (κ2) is 15.8. The van der Waals surface area contributed by atoms with Gasteiger partial charge in [0.1, 0.15) is 41.4 Å². The monoisotopic (exact) mass is 686 g/mol. The van der Waals surface area contributed by atoms with Crippen molar-refractivity contribution in [3.05, 3.63) is 11.8 Å². The van der Waals surface area contributed by atoms with Gasteiger partial charge in [-0.15, -0.1) is 0 Å². The molecule has 4 rings (SSSR count). The van der Waals surface area contributed by atoms with Crippen LogP contribution in [-0.4, -0.2) is 143 Å². The Hall–Kier alpha value is -2.12. The van der Waals surface area contributed by atoms with E-state index in [0.717, 1.165) is 11.4 Å². The summed E-state index contributed by atoms with van der Waals surface area (Å²) in [4.78, 5) is 27.0. The van der Waals surface area contributed by atoms with Crippen molar-refractivity contribution in [1.82, 2.24) is 15.5 Å². The van der Waals surface area contributed by atoms with Crippen LogP contribution in [0.5, 0.6) is 0 Å². The first-order chi connectivity index (χ1) is 22.4. The van der Waals surface area contributed by atoms with Crippen molar-refractivity contribution in [1.29, 1.82) is 0 Å². The van der Waals surface area contributed by atoms with E-state index in [2.05, 4.69) is 10.6 Å². The molecule has 16 heteroatoms. The summed E-state index contributed by atoms with van der Waals surface area (Å²) in [6, 6.07) is -3.40. The van der Waals surface area contributed by atoms with Gasteiger partial charge in [0.2, 0.25) is 5.91 Å². The summed E-state index contributed by atoms with van der Waals surface area (Å²) in [7, 11) is 1.39. The van der Waals surface area contributed by atoms with Gasteiger partial charge in [0, 0.05) is 25.0 Å². The minimum atomic E-state index is -1.71. The van der Waals surface area contributed by atoms with Gasteiger partial charge in [-0.2, -0.15) is 0 Å². The minimum absolute atomic E-state index is 0.00812. The summed E-state index contributed by atoms with van der Waals surface area (Å²) >= 11 is 0. The van der Waals surface area contributed by atoms with Crippen LogP contribution in [0.15, 0.2) is 11.8 Å². The maximum absolute atomic E-state index is 13.0. The van der Waals surface area contributed by atoms with Crippen LogP contribution in [0.25, 0.3) is 0 Å². The van der Waals surface area contributed by atoms with E-state index in [1.54, 1.807) is 20.8 Å². The van der Waals surface area contributed by atoms with Crippen molar-refractivity contribution < 1.29 is 49.0 Å². The number of aliphatic hydroxyl groups is 4. The smallest absolute Gasteiger partial charge is 0.410 e. The Bertz CT molecular complexity index is 1130. The highest BCUT2D eigenvalue weighted by Crippen LogP contribution is 2.37. The lowest BCUT2D eigenvalue weighted by molar-refractivity contribution is -0.305. The lowest BCUT2D eigenvalue weighted by atomic mass is 9.72. The molecule has 2 amide bonds. The van der Waals surface area contributed by atoms with Gasteiger partial charge in [-0.05, 0) is 84.9 Å². The van der Waals surface area contributed by atoms with Crippen LogP contribution >= 0.6 is 0 Å². The number of aliphatic hydroxyl groups excluding tert-OH is 3. The molecule has 0 spiro atoms. The van der Waals surface area contributed by atoms with E-state index in [9.17, 15) is 30.0 Å². The van der Waals surface area contributed by atoms with E-state index in [-0.39, 0.29) is 26.0 Å². The summed E-state index contributed by atoms with van der Waals surface area (Å²) in [6.45, 7) is 7.61. The number of ether oxygens (including phenoxy) is 4. The zero-order valence-corrected chi connectivity index (χ0v) is 28.8. The number of carbonyl (C=O) groups is 2. The lowest BCUT2D eigenvalue weighted by Crippen LogP contribution is -2.70. The second-order valence-electron chi connectivity index (χ2n) is 15.1. The van der Waals surface area contributed by atoms with Crippen molar-refractivity contribution in [2.75, 3.05) is 33.3 Å². The van der Waals surface area contributed by atoms with E-state index >= 15 is 0 Å². The molecule has 4 aliphatic rings. The molecule has 0 radical (unpaired) electrons. The minimum Gasteiger partial charge on any atom is -0.492 e. The van der Waals surface area contributed by atoms with Crippen LogP contribution in [0, 0.1) is 11.8 Å². The molecular weight excluding hydrogens is 628 g/mol. The van der Waals surface area contributed by atoms with E-state index in [1.807, 2.05) is 6.08 Å². The standard InChI is InChI=1S/C32H58N6O10/c1-31(2,3)48-30(43)38(5)27-24(41)29(45-15-32(27,4)44)47-26-20(37-28(42)21(39)10-11-33)12-19(35)22(23(26)40)25-18(34)9-8-17(46-25)14-36-13-16-6-7-16/h8,16,18-27,29,36,39-41,44H,6-7,9-15,33-35H2,1-5H3,(H,37,42)/t18-,19+,20-,21-,22?,23+,24-,25+,26+,27-,29-,32+/m1/s1. The summed E-state index contributed by atoms with van der Waals surface area (Å²) in [5.74, 6) is -0.118. The van der Waals surface area contributed by atoms with Crippen LogP contribution in [0.3, 0.4) is 0 Å². The Kier molecular flexibility index (Phi) is 12.8. The van der Waals surface area contributed by atoms with Crippen molar-refractivity contribution >= 4 is 12.0 Å². The average Bonchev–Trinajstić information content (AvgIpc) is 3.81. The van der Waals surface area contributed by atoms with Gasteiger partial charge in [0.15, 0.2) is 6.29 Å². The Labute approximate surface area is 282 Å². The molecule has 0 aromatic heterocycles.